The highest BCUT2D eigenvalue weighted by molar-refractivity contribution is 7.24. The van der Waals surface area contributed by atoms with Crippen molar-refractivity contribution >= 4 is 60.4 Å². The van der Waals surface area contributed by atoms with Crippen LogP contribution in [-0.2, 0) is 26.6 Å². The summed E-state index contributed by atoms with van der Waals surface area (Å²) in [6.45, 7) is 13.9. The predicted molar refractivity (Wildman–Crippen MR) is 160 cm³/mol. The van der Waals surface area contributed by atoms with Gasteiger partial charge in [0.25, 0.3) is 0 Å². The number of aryl methyl sites for hydroxylation is 2. The van der Waals surface area contributed by atoms with E-state index in [0.717, 1.165) is 22.7 Å². The van der Waals surface area contributed by atoms with Crippen LogP contribution in [0.15, 0.2) is 12.1 Å². The zero-order valence-electron chi connectivity index (χ0n) is 25.4. The summed E-state index contributed by atoms with van der Waals surface area (Å²) in [5, 5.41) is 0. The highest BCUT2D eigenvalue weighted by Crippen LogP contribution is 2.65. The molecule has 0 aromatic carbocycles. The number of hydrogen-bond acceptors (Lipinski definition) is 8. The van der Waals surface area contributed by atoms with E-state index < -0.39 is 57.6 Å². The molecule has 244 valence electrons. The summed E-state index contributed by atoms with van der Waals surface area (Å²) in [4.78, 5) is 0.225. The number of allylic oxidation sites excluding steroid dienone is 2. The lowest BCUT2D eigenvalue weighted by Gasteiger charge is -2.27. The van der Waals surface area contributed by atoms with Crippen LogP contribution in [0.2, 0.25) is 0 Å². The monoisotopic (exact) mass is 692 g/mol. The van der Waals surface area contributed by atoms with Crippen LogP contribution in [0, 0.1) is 13.8 Å². The number of alkyl halides is 6. The molecule has 0 spiro atoms. The number of rotatable bonds is 16. The molecule has 0 bridgehead atoms. The molecular formula is C27H38F6O6S2Si2. The lowest BCUT2D eigenvalue weighted by molar-refractivity contribution is -0.254. The first-order valence-corrected chi connectivity index (χ1v) is 19.1. The van der Waals surface area contributed by atoms with Gasteiger partial charge < -0.3 is 26.6 Å². The average molecular weight is 693 g/mol. The van der Waals surface area contributed by atoms with Crippen LogP contribution < -0.4 is 9.00 Å². The van der Waals surface area contributed by atoms with Gasteiger partial charge in [0.05, 0.1) is 9.00 Å². The Morgan fingerprint density at radius 3 is 1.02 bits per heavy atom. The van der Waals surface area contributed by atoms with Gasteiger partial charge in [-0.3, -0.25) is 0 Å². The van der Waals surface area contributed by atoms with E-state index in [1.165, 1.54) is 26.0 Å². The third-order valence-corrected chi connectivity index (χ3v) is 16.0. The second kappa shape index (κ2) is 13.7. The van der Waals surface area contributed by atoms with E-state index in [9.17, 15) is 0 Å². The van der Waals surface area contributed by atoms with Gasteiger partial charge in [-0.1, -0.05) is 0 Å². The number of thiophene rings is 2. The van der Waals surface area contributed by atoms with Crippen LogP contribution in [0.3, 0.4) is 0 Å². The second-order valence-corrected chi connectivity index (χ2v) is 17.6. The Morgan fingerprint density at radius 2 is 0.791 bits per heavy atom. The van der Waals surface area contributed by atoms with Crippen LogP contribution in [0.25, 0.3) is 11.1 Å². The van der Waals surface area contributed by atoms with Gasteiger partial charge >= 0.3 is 35.4 Å². The normalized spacial score (nSPS) is 18.2. The van der Waals surface area contributed by atoms with E-state index in [-0.39, 0.29) is 58.4 Å². The van der Waals surface area contributed by atoms with Crippen molar-refractivity contribution in [2.75, 3.05) is 39.6 Å². The van der Waals surface area contributed by atoms with E-state index in [0.29, 0.717) is 0 Å². The number of halogens is 6. The molecule has 2 aromatic rings. The summed E-state index contributed by atoms with van der Waals surface area (Å²) in [5.41, 5.74) is -3.77. The summed E-state index contributed by atoms with van der Waals surface area (Å²) in [7, 11) is -7.35. The fraction of sp³-hybridized carbons (Fsp3) is 0.630. The van der Waals surface area contributed by atoms with Crippen molar-refractivity contribution in [3.05, 3.63) is 33.0 Å². The predicted octanol–water partition coefficient (Wildman–Crippen LogP) is 6.77. The minimum atomic E-state index is -5.71. The van der Waals surface area contributed by atoms with Crippen molar-refractivity contribution in [3.63, 3.8) is 0 Å². The summed E-state index contributed by atoms with van der Waals surface area (Å²) >= 11 is 1.88. The Hall–Kier alpha value is -1.09. The SMILES string of the molecule is CCO[Si](OCC)(OCC)c1cc(C2=C(c3cc([Si](OCC)(OCC)OCC)sc3C)C(F)(F)C(F)(F)C2(F)F)c(C)s1. The molecule has 1 aliphatic carbocycles. The van der Waals surface area contributed by atoms with Gasteiger partial charge in [0.1, 0.15) is 0 Å². The van der Waals surface area contributed by atoms with Gasteiger partial charge in [-0.15, -0.1) is 22.7 Å². The highest BCUT2D eigenvalue weighted by atomic mass is 32.1. The van der Waals surface area contributed by atoms with Gasteiger partial charge in [-0.05, 0) is 78.6 Å². The van der Waals surface area contributed by atoms with Gasteiger partial charge in [-0.25, -0.2) is 0 Å². The number of hydrogen-bond donors (Lipinski definition) is 0. The van der Waals surface area contributed by atoms with Crippen LogP contribution in [0.1, 0.15) is 62.4 Å². The Morgan fingerprint density at radius 1 is 0.535 bits per heavy atom. The molecule has 0 unspecified atom stereocenters. The first-order valence-electron chi connectivity index (χ1n) is 14.1. The van der Waals surface area contributed by atoms with Gasteiger partial charge in [0, 0.05) is 60.5 Å². The van der Waals surface area contributed by atoms with Crippen LogP contribution in [0.4, 0.5) is 26.3 Å². The molecule has 3 rings (SSSR count). The Labute approximate surface area is 258 Å². The van der Waals surface area contributed by atoms with Crippen molar-refractivity contribution in [1.82, 2.24) is 0 Å². The molecule has 0 N–H and O–H groups in total. The highest BCUT2D eigenvalue weighted by Gasteiger charge is 2.80. The van der Waals surface area contributed by atoms with Crippen LogP contribution in [-0.4, -0.2) is 75.0 Å². The van der Waals surface area contributed by atoms with Crippen LogP contribution in [0.5, 0.6) is 0 Å². The minimum Gasteiger partial charge on any atom is -0.370 e. The largest absolute Gasteiger partial charge is 0.547 e. The molecule has 0 atom stereocenters. The zero-order valence-corrected chi connectivity index (χ0v) is 29.1. The maximum absolute atomic E-state index is 15.7. The smallest absolute Gasteiger partial charge is 0.370 e. The van der Waals surface area contributed by atoms with E-state index >= 15 is 26.3 Å². The van der Waals surface area contributed by atoms with Crippen molar-refractivity contribution in [1.29, 1.82) is 0 Å². The molecule has 16 heteroatoms. The molecule has 0 aliphatic heterocycles. The Kier molecular flexibility index (Phi) is 11.6. The molecule has 6 nitrogen and oxygen atoms in total. The zero-order chi connectivity index (χ0) is 32.4. The summed E-state index contributed by atoms with van der Waals surface area (Å²) < 4.78 is 129. The van der Waals surface area contributed by atoms with E-state index in [1.807, 2.05) is 0 Å². The van der Waals surface area contributed by atoms with Gasteiger partial charge in [0.2, 0.25) is 0 Å². The summed E-state index contributed by atoms with van der Waals surface area (Å²) in [6.07, 6.45) is 0. The first kappa shape index (κ1) is 36.4. The molecule has 1 aliphatic rings. The third-order valence-electron chi connectivity index (χ3n) is 6.65. The summed E-state index contributed by atoms with van der Waals surface area (Å²) in [6, 6.07) is 2.35. The molecule has 0 saturated heterocycles. The van der Waals surface area contributed by atoms with Crippen molar-refractivity contribution in [3.8, 4) is 0 Å². The molecular weight excluding hydrogens is 655 g/mol. The molecule has 43 heavy (non-hydrogen) atoms. The topological polar surface area (TPSA) is 55.4 Å². The van der Waals surface area contributed by atoms with E-state index in [4.69, 9.17) is 26.6 Å². The fourth-order valence-corrected chi connectivity index (χ4v) is 13.8. The van der Waals surface area contributed by atoms with Gasteiger partial charge in [-0.2, -0.15) is 26.3 Å². The van der Waals surface area contributed by atoms with E-state index in [2.05, 4.69) is 0 Å². The molecule has 0 fully saturated rings. The lowest BCUT2D eigenvalue weighted by Crippen LogP contribution is -2.55. The van der Waals surface area contributed by atoms with Gasteiger partial charge in [0.15, 0.2) is 0 Å². The fourth-order valence-electron chi connectivity index (χ4n) is 5.01. The molecule has 0 amide bonds. The molecule has 0 radical (unpaired) electrons. The molecule has 2 heterocycles. The second-order valence-electron chi connectivity index (χ2n) is 9.34. The minimum absolute atomic E-state index is 0.112. The lowest BCUT2D eigenvalue weighted by atomic mass is 9.96. The van der Waals surface area contributed by atoms with E-state index in [1.54, 1.807) is 41.5 Å². The molecule has 0 saturated carbocycles. The van der Waals surface area contributed by atoms with Crippen molar-refractivity contribution < 1.29 is 52.9 Å². The van der Waals surface area contributed by atoms with Crippen molar-refractivity contribution in [2.45, 2.75) is 73.2 Å². The molecule has 2 aromatic heterocycles. The Bertz CT molecular complexity index is 1170. The first-order chi connectivity index (χ1) is 20.1. The maximum atomic E-state index is 15.7. The van der Waals surface area contributed by atoms with Crippen LogP contribution >= 0.6 is 22.7 Å². The van der Waals surface area contributed by atoms with Crippen molar-refractivity contribution in [2.24, 2.45) is 0 Å². The Balaban J connectivity index is 2.40. The quantitative estimate of drug-likeness (QED) is 0.143. The third kappa shape index (κ3) is 6.08. The maximum Gasteiger partial charge on any atom is 0.547 e. The summed E-state index contributed by atoms with van der Waals surface area (Å²) in [5.74, 6) is -16.1. The average Bonchev–Trinajstić information content (AvgIpc) is 3.52. The standard InChI is InChI=1S/C27H38F6O6S2Si2/c1-9-34-42(35-10-2,36-11-3)21-15-19(17(7)40-21)23-24(26(30,31)27(32,33)25(23,28)29)20-16-22(41-18(20)8)43(37-12-4,38-13-5)39-14-6/h15-16H,9-14H2,1-8H3.